The van der Waals surface area contributed by atoms with Gasteiger partial charge >= 0.3 is 0 Å². The molecule has 7 nitrogen and oxygen atoms in total. The number of halogens is 2. The molecule has 174 valence electrons. The number of anilines is 2. The molecule has 1 atom stereocenters. The van der Waals surface area contributed by atoms with Gasteiger partial charge in [0.15, 0.2) is 5.96 Å². The highest BCUT2D eigenvalue weighted by atomic mass is 127. The van der Waals surface area contributed by atoms with Crippen LogP contribution in [0.3, 0.4) is 0 Å². The number of nitrogens with one attached hydrogen (secondary N) is 1. The average Bonchev–Trinajstić information content (AvgIpc) is 2.81. The largest absolute Gasteiger partial charge is 0.375 e. The number of guanidine groups is 1. The summed E-state index contributed by atoms with van der Waals surface area (Å²) in [7, 11) is 1.82. The summed E-state index contributed by atoms with van der Waals surface area (Å²) in [6.07, 6.45) is 2.17. The van der Waals surface area contributed by atoms with Crippen LogP contribution in [0.2, 0.25) is 0 Å². The van der Waals surface area contributed by atoms with Gasteiger partial charge in [-0.15, -0.1) is 24.0 Å². The van der Waals surface area contributed by atoms with Crippen LogP contribution in [0.5, 0.6) is 0 Å². The number of morpholine rings is 1. The van der Waals surface area contributed by atoms with Gasteiger partial charge in [-0.1, -0.05) is 6.07 Å². The van der Waals surface area contributed by atoms with Crippen molar-refractivity contribution in [2.45, 2.75) is 19.6 Å². The number of rotatable bonds is 4. The van der Waals surface area contributed by atoms with Gasteiger partial charge in [0.25, 0.3) is 0 Å². The maximum atomic E-state index is 13.2. The molecule has 3 heterocycles. The maximum Gasteiger partial charge on any atom is 0.194 e. The highest BCUT2D eigenvalue weighted by molar-refractivity contribution is 14.0. The third kappa shape index (κ3) is 6.22. The number of hydrogen-bond acceptors (Lipinski definition) is 5. The minimum absolute atomic E-state index is 0. The lowest BCUT2D eigenvalue weighted by atomic mass is 10.2. The molecule has 2 saturated heterocycles. The van der Waals surface area contributed by atoms with E-state index in [1.54, 1.807) is 0 Å². The van der Waals surface area contributed by atoms with E-state index in [1.807, 2.05) is 25.4 Å². The Kier molecular flexibility index (Phi) is 8.92. The lowest BCUT2D eigenvalue weighted by Crippen LogP contribution is -2.52. The molecule has 0 amide bonds. The number of benzene rings is 1. The fourth-order valence-corrected chi connectivity index (χ4v) is 4.08. The second-order valence-corrected chi connectivity index (χ2v) is 8.00. The first-order valence-corrected chi connectivity index (χ1v) is 10.9. The summed E-state index contributed by atoms with van der Waals surface area (Å²) in [5.41, 5.74) is 2.18. The zero-order chi connectivity index (χ0) is 21.6. The number of ether oxygens (including phenoxy) is 1. The van der Waals surface area contributed by atoms with Gasteiger partial charge in [0.05, 0.1) is 12.7 Å². The van der Waals surface area contributed by atoms with Crippen molar-refractivity contribution in [3.8, 4) is 0 Å². The zero-order valence-electron chi connectivity index (χ0n) is 18.7. The highest BCUT2D eigenvalue weighted by Crippen LogP contribution is 2.18. The number of nitrogens with zero attached hydrogens (tertiary/aromatic N) is 5. The van der Waals surface area contributed by atoms with Crippen LogP contribution >= 0.6 is 24.0 Å². The Labute approximate surface area is 206 Å². The van der Waals surface area contributed by atoms with Gasteiger partial charge in [0.2, 0.25) is 0 Å². The van der Waals surface area contributed by atoms with Crippen LogP contribution in [0.25, 0.3) is 0 Å². The van der Waals surface area contributed by atoms with Gasteiger partial charge in [-0.2, -0.15) is 0 Å². The van der Waals surface area contributed by atoms with Gasteiger partial charge in [-0.3, -0.25) is 4.99 Å². The summed E-state index contributed by atoms with van der Waals surface area (Å²) in [5.74, 6) is 1.69. The number of aliphatic imine (C=N–C) groups is 1. The summed E-state index contributed by atoms with van der Waals surface area (Å²) in [6.45, 7) is 8.75. The lowest BCUT2D eigenvalue weighted by Gasteiger charge is -2.37. The first kappa shape index (κ1) is 24.5. The molecule has 1 aromatic carbocycles. The summed E-state index contributed by atoms with van der Waals surface area (Å²) in [4.78, 5) is 15.9. The molecule has 2 aliphatic rings. The molecule has 2 aliphatic heterocycles. The Hall–Kier alpha value is -2.14. The van der Waals surface area contributed by atoms with Gasteiger partial charge in [0.1, 0.15) is 11.6 Å². The predicted octanol–water partition coefficient (Wildman–Crippen LogP) is 2.96. The summed E-state index contributed by atoms with van der Waals surface area (Å²) >= 11 is 0. The molecule has 2 aromatic rings. The van der Waals surface area contributed by atoms with Crippen LogP contribution in [-0.4, -0.2) is 74.9 Å². The van der Waals surface area contributed by atoms with Crippen LogP contribution in [0.4, 0.5) is 15.9 Å². The molecule has 1 N–H and O–H groups in total. The Morgan fingerprint density at radius 1 is 1.09 bits per heavy atom. The normalized spacial score (nSPS) is 19.5. The van der Waals surface area contributed by atoms with E-state index in [9.17, 15) is 4.39 Å². The van der Waals surface area contributed by atoms with Crippen molar-refractivity contribution in [3.63, 3.8) is 0 Å². The van der Waals surface area contributed by atoms with Crippen molar-refractivity contribution < 1.29 is 9.13 Å². The fraction of sp³-hybridized carbons (Fsp3) is 0.478. The maximum absolute atomic E-state index is 13.2. The molecule has 9 heteroatoms. The quantitative estimate of drug-likeness (QED) is 0.357. The molecule has 0 spiro atoms. The number of pyridine rings is 1. The molecular formula is C23H32FIN6O. The van der Waals surface area contributed by atoms with E-state index in [0.717, 1.165) is 68.9 Å². The third-order valence-electron chi connectivity index (χ3n) is 5.81. The van der Waals surface area contributed by atoms with E-state index >= 15 is 0 Å². The molecule has 2 fully saturated rings. The molecule has 0 radical (unpaired) electrons. The molecule has 4 rings (SSSR count). The minimum Gasteiger partial charge on any atom is -0.375 e. The summed E-state index contributed by atoms with van der Waals surface area (Å²) < 4.78 is 18.8. The monoisotopic (exact) mass is 554 g/mol. The first-order chi connectivity index (χ1) is 15.1. The van der Waals surface area contributed by atoms with Crippen LogP contribution < -0.4 is 15.1 Å². The molecule has 1 aromatic heterocycles. The molecule has 0 bridgehead atoms. The van der Waals surface area contributed by atoms with Crippen LogP contribution in [0.1, 0.15) is 12.5 Å². The number of aromatic nitrogens is 1. The zero-order valence-corrected chi connectivity index (χ0v) is 21.0. The van der Waals surface area contributed by atoms with Crippen molar-refractivity contribution in [2.24, 2.45) is 4.99 Å². The standard InChI is InChI=1S/C23H31FN6O.HI/c1-18-17-30(13-14-31-18)22-8-3-19(15-26-22)16-27-23(25-2)29-11-9-28(10-12-29)21-6-4-20(24)5-7-21;/h3-8,15,18H,9-14,16-17H2,1-2H3,(H,25,27);1H. The molecule has 0 aliphatic carbocycles. The van der Waals surface area contributed by atoms with Crippen LogP contribution in [0, 0.1) is 5.82 Å². The van der Waals surface area contributed by atoms with E-state index < -0.39 is 0 Å². The van der Waals surface area contributed by atoms with E-state index in [1.165, 1.54) is 12.1 Å². The first-order valence-electron chi connectivity index (χ1n) is 10.9. The van der Waals surface area contributed by atoms with Crippen molar-refractivity contribution in [3.05, 3.63) is 54.0 Å². The van der Waals surface area contributed by atoms with Crippen LogP contribution in [0.15, 0.2) is 47.6 Å². The van der Waals surface area contributed by atoms with Crippen LogP contribution in [-0.2, 0) is 11.3 Å². The second-order valence-electron chi connectivity index (χ2n) is 8.00. The topological polar surface area (TPSA) is 56.2 Å². The molecule has 32 heavy (non-hydrogen) atoms. The predicted molar refractivity (Wildman–Crippen MR) is 138 cm³/mol. The number of hydrogen-bond donors (Lipinski definition) is 1. The Morgan fingerprint density at radius 2 is 1.84 bits per heavy atom. The van der Waals surface area contributed by atoms with Gasteiger partial charge in [-0.05, 0) is 42.8 Å². The average molecular weight is 554 g/mol. The summed E-state index contributed by atoms with van der Waals surface area (Å²) in [5, 5.41) is 3.46. The van der Waals surface area contributed by atoms with Crippen molar-refractivity contribution in [2.75, 3.05) is 62.7 Å². The minimum atomic E-state index is -0.200. The Morgan fingerprint density at radius 3 is 2.47 bits per heavy atom. The third-order valence-corrected chi connectivity index (χ3v) is 5.81. The lowest BCUT2D eigenvalue weighted by molar-refractivity contribution is 0.0529. The molecular weight excluding hydrogens is 522 g/mol. The smallest absolute Gasteiger partial charge is 0.194 e. The van der Waals surface area contributed by atoms with Crippen molar-refractivity contribution >= 4 is 41.4 Å². The van der Waals surface area contributed by atoms with E-state index in [0.29, 0.717) is 6.54 Å². The highest BCUT2D eigenvalue weighted by Gasteiger charge is 2.20. The Balaban J connectivity index is 0.00000289. The summed E-state index contributed by atoms with van der Waals surface area (Å²) in [6, 6.07) is 10.9. The number of piperazine rings is 1. The van der Waals surface area contributed by atoms with Gasteiger partial charge < -0.3 is 24.8 Å². The SMILES string of the molecule is CN=C(NCc1ccc(N2CCOC(C)C2)nc1)N1CCN(c2ccc(F)cc2)CC1.I. The van der Waals surface area contributed by atoms with E-state index in [-0.39, 0.29) is 35.9 Å². The van der Waals surface area contributed by atoms with Crippen molar-refractivity contribution in [1.82, 2.24) is 15.2 Å². The second kappa shape index (κ2) is 11.6. The van der Waals surface area contributed by atoms with Gasteiger partial charge in [0, 0.05) is 64.7 Å². The van der Waals surface area contributed by atoms with E-state index in [2.05, 4.69) is 49.0 Å². The van der Waals surface area contributed by atoms with Crippen molar-refractivity contribution in [1.29, 1.82) is 0 Å². The van der Waals surface area contributed by atoms with E-state index in [4.69, 9.17) is 4.74 Å². The van der Waals surface area contributed by atoms with Gasteiger partial charge in [-0.25, -0.2) is 9.37 Å². The molecule has 1 unspecified atom stereocenters. The Bertz CT molecular complexity index is 871. The fourth-order valence-electron chi connectivity index (χ4n) is 4.08. The molecule has 0 saturated carbocycles.